The molecule has 0 amide bonds. The van der Waals surface area contributed by atoms with Gasteiger partial charge in [-0.25, -0.2) is 0 Å². The van der Waals surface area contributed by atoms with Crippen molar-refractivity contribution in [3.63, 3.8) is 0 Å². The van der Waals surface area contributed by atoms with Gasteiger partial charge in [0, 0.05) is 0 Å². The third-order valence-corrected chi connectivity index (χ3v) is 3.95. The van der Waals surface area contributed by atoms with Crippen LogP contribution < -0.4 is 0 Å². The lowest BCUT2D eigenvalue weighted by Gasteiger charge is -2.16. The van der Waals surface area contributed by atoms with Crippen molar-refractivity contribution in [3.8, 4) is 0 Å². The van der Waals surface area contributed by atoms with E-state index in [9.17, 15) is 4.79 Å². The molecule has 0 radical (unpaired) electrons. The average molecular weight is 294 g/mol. The fraction of sp³-hybridized carbons (Fsp3) is 0.583. The minimum atomic E-state index is 0.0319. The Labute approximate surface area is 117 Å². The molecule has 0 saturated carbocycles. The van der Waals surface area contributed by atoms with Gasteiger partial charge in [0.05, 0.1) is 16.4 Å². The monoisotopic (exact) mass is 293 g/mol. The first-order valence-corrected chi connectivity index (χ1v) is 7.14. The lowest BCUT2D eigenvalue weighted by Crippen LogP contribution is -2.27. The fourth-order valence-corrected chi connectivity index (χ4v) is 2.92. The SMILES string of the molecule is CC(C)CCN(C)CC(=O)c1cc(Cl)sc1Cl. The quantitative estimate of drug-likeness (QED) is 0.732. The molecule has 0 atom stereocenters. The standard InChI is InChI=1S/C12H17Cl2NOS/c1-8(2)4-5-15(3)7-10(16)9-6-11(13)17-12(9)14/h6,8H,4-5,7H2,1-3H3. The third-order valence-electron chi connectivity index (χ3n) is 2.46. The second-order valence-corrected chi connectivity index (χ2v) is 6.87. The molecular weight excluding hydrogens is 277 g/mol. The first-order valence-electron chi connectivity index (χ1n) is 5.56. The van der Waals surface area contributed by atoms with Crippen LogP contribution in [0.3, 0.4) is 0 Å². The van der Waals surface area contributed by atoms with E-state index in [1.165, 1.54) is 11.3 Å². The van der Waals surface area contributed by atoms with E-state index in [1.807, 2.05) is 11.9 Å². The van der Waals surface area contributed by atoms with Gasteiger partial charge in [0.2, 0.25) is 0 Å². The van der Waals surface area contributed by atoms with Crippen LogP contribution in [0, 0.1) is 5.92 Å². The summed E-state index contributed by atoms with van der Waals surface area (Å²) in [5, 5.41) is 0. The van der Waals surface area contributed by atoms with Crippen LogP contribution in [0.1, 0.15) is 30.6 Å². The fourth-order valence-electron chi connectivity index (χ4n) is 1.42. The summed E-state index contributed by atoms with van der Waals surface area (Å²) < 4.78 is 1.04. The molecule has 0 N–H and O–H groups in total. The molecule has 1 aromatic rings. The van der Waals surface area contributed by atoms with E-state index in [1.54, 1.807) is 6.07 Å². The molecule has 0 aromatic carbocycles. The zero-order chi connectivity index (χ0) is 13.0. The number of hydrogen-bond donors (Lipinski definition) is 0. The molecule has 1 aromatic heterocycles. The molecule has 0 aliphatic rings. The van der Waals surface area contributed by atoms with Crippen molar-refractivity contribution in [2.75, 3.05) is 20.1 Å². The Hall–Kier alpha value is -0.0900. The second kappa shape index (κ2) is 6.74. The molecule has 0 saturated heterocycles. The van der Waals surface area contributed by atoms with E-state index in [-0.39, 0.29) is 5.78 Å². The maximum absolute atomic E-state index is 12.0. The van der Waals surface area contributed by atoms with Gasteiger partial charge in [-0.2, -0.15) is 0 Å². The number of nitrogens with zero attached hydrogens (tertiary/aromatic N) is 1. The Morgan fingerprint density at radius 3 is 2.59 bits per heavy atom. The Morgan fingerprint density at radius 1 is 1.47 bits per heavy atom. The van der Waals surface area contributed by atoms with Crippen molar-refractivity contribution in [2.24, 2.45) is 5.92 Å². The first kappa shape index (κ1) is 15.0. The van der Waals surface area contributed by atoms with E-state index in [0.29, 0.717) is 26.7 Å². The Balaban J connectivity index is 2.51. The number of likely N-dealkylation sites (N-methyl/N-ethyl adjacent to an activating group) is 1. The van der Waals surface area contributed by atoms with Gasteiger partial charge in [-0.3, -0.25) is 9.69 Å². The van der Waals surface area contributed by atoms with Crippen molar-refractivity contribution in [1.82, 2.24) is 4.90 Å². The Morgan fingerprint density at radius 2 is 2.12 bits per heavy atom. The summed E-state index contributed by atoms with van der Waals surface area (Å²) in [6.07, 6.45) is 1.09. The highest BCUT2D eigenvalue weighted by atomic mass is 35.5. The minimum Gasteiger partial charge on any atom is -0.299 e. The molecule has 1 rings (SSSR count). The molecule has 96 valence electrons. The van der Waals surface area contributed by atoms with Gasteiger partial charge in [-0.15, -0.1) is 11.3 Å². The molecule has 0 aliphatic heterocycles. The summed E-state index contributed by atoms with van der Waals surface area (Å²) in [6, 6.07) is 1.65. The van der Waals surface area contributed by atoms with E-state index >= 15 is 0 Å². The van der Waals surface area contributed by atoms with Crippen molar-refractivity contribution in [1.29, 1.82) is 0 Å². The van der Waals surface area contributed by atoms with Crippen LogP contribution in [-0.2, 0) is 0 Å². The van der Waals surface area contributed by atoms with E-state index in [0.717, 1.165) is 13.0 Å². The lowest BCUT2D eigenvalue weighted by molar-refractivity contribution is 0.0944. The number of thiophene rings is 1. The number of halogens is 2. The minimum absolute atomic E-state index is 0.0319. The smallest absolute Gasteiger partial charge is 0.179 e. The van der Waals surface area contributed by atoms with Crippen molar-refractivity contribution in [3.05, 3.63) is 20.3 Å². The van der Waals surface area contributed by atoms with Crippen molar-refractivity contribution < 1.29 is 4.79 Å². The van der Waals surface area contributed by atoms with Gasteiger partial charge >= 0.3 is 0 Å². The normalized spacial score (nSPS) is 11.5. The number of carbonyl (C=O) groups excluding carboxylic acids is 1. The van der Waals surface area contributed by atoms with Crippen LogP contribution in [0.2, 0.25) is 8.67 Å². The topological polar surface area (TPSA) is 20.3 Å². The van der Waals surface area contributed by atoms with Crippen LogP contribution in [0.4, 0.5) is 0 Å². The largest absolute Gasteiger partial charge is 0.299 e. The van der Waals surface area contributed by atoms with Gasteiger partial charge in [-0.1, -0.05) is 37.0 Å². The lowest BCUT2D eigenvalue weighted by atomic mass is 10.1. The summed E-state index contributed by atoms with van der Waals surface area (Å²) in [5.41, 5.74) is 0.540. The summed E-state index contributed by atoms with van der Waals surface area (Å²) in [5.74, 6) is 0.677. The molecule has 0 bridgehead atoms. The molecule has 2 nitrogen and oxygen atoms in total. The molecular formula is C12H17Cl2NOS. The maximum atomic E-state index is 12.0. The Kier molecular flexibility index (Phi) is 5.93. The predicted molar refractivity (Wildman–Crippen MR) is 75.6 cm³/mol. The molecule has 0 aliphatic carbocycles. The summed E-state index contributed by atoms with van der Waals surface area (Å²) in [7, 11) is 1.95. The number of carbonyl (C=O) groups is 1. The highest BCUT2D eigenvalue weighted by Gasteiger charge is 2.15. The molecule has 0 unspecified atom stereocenters. The van der Waals surface area contributed by atoms with Crippen molar-refractivity contribution in [2.45, 2.75) is 20.3 Å². The van der Waals surface area contributed by atoms with E-state index < -0.39 is 0 Å². The maximum Gasteiger partial charge on any atom is 0.179 e. The molecule has 0 spiro atoms. The van der Waals surface area contributed by atoms with E-state index in [2.05, 4.69) is 13.8 Å². The highest BCUT2D eigenvalue weighted by molar-refractivity contribution is 7.20. The zero-order valence-electron chi connectivity index (χ0n) is 10.3. The van der Waals surface area contributed by atoms with Crippen LogP contribution in [0.15, 0.2) is 6.07 Å². The molecule has 0 fully saturated rings. The Bertz CT molecular complexity index is 390. The van der Waals surface area contributed by atoms with Gasteiger partial charge in [0.15, 0.2) is 5.78 Å². The van der Waals surface area contributed by atoms with Crippen LogP contribution in [0.5, 0.6) is 0 Å². The number of Topliss-reactive ketones (excluding diaryl/α,β-unsaturated/α-hetero) is 1. The molecule has 1 heterocycles. The highest BCUT2D eigenvalue weighted by Crippen LogP contribution is 2.31. The predicted octanol–water partition coefficient (Wildman–Crippen LogP) is 4.22. The molecule has 17 heavy (non-hydrogen) atoms. The zero-order valence-corrected chi connectivity index (χ0v) is 12.6. The number of hydrogen-bond acceptors (Lipinski definition) is 3. The second-order valence-electron chi connectivity index (χ2n) is 4.58. The molecule has 5 heteroatoms. The van der Waals surface area contributed by atoms with Gasteiger partial charge in [0.1, 0.15) is 4.34 Å². The summed E-state index contributed by atoms with van der Waals surface area (Å²) in [6.45, 7) is 5.65. The summed E-state index contributed by atoms with van der Waals surface area (Å²) in [4.78, 5) is 14.0. The van der Waals surface area contributed by atoms with Crippen LogP contribution >= 0.6 is 34.5 Å². The number of rotatable bonds is 6. The average Bonchev–Trinajstić information content (AvgIpc) is 2.55. The van der Waals surface area contributed by atoms with Gasteiger partial charge in [-0.05, 0) is 32.0 Å². The summed E-state index contributed by atoms with van der Waals surface area (Å²) >= 11 is 13.0. The van der Waals surface area contributed by atoms with Crippen molar-refractivity contribution >= 4 is 40.3 Å². The van der Waals surface area contributed by atoms with E-state index in [4.69, 9.17) is 23.2 Å². The van der Waals surface area contributed by atoms with Crippen LogP contribution in [-0.4, -0.2) is 30.8 Å². The van der Waals surface area contributed by atoms with Gasteiger partial charge < -0.3 is 0 Å². The number of ketones is 1. The van der Waals surface area contributed by atoms with Gasteiger partial charge in [0.25, 0.3) is 0 Å². The third kappa shape index (κ3) is 4.96. The first-order chi connectivity index (χ1) is 7.90. The van der Waals surface area contributed by atoms with Crippen LogP contribution in [0.25, 0.3) is 0 Å².